The molecule has 5 aromatic carbocycles. The highest BCUT2D eigenvalue weighted by atomic mass is 32.2. The number of benzene rings is 5. The third-order valence-corrected chi connectivity index (χ3v) is 12.2. The second kappa shape index (κ2) is 19.7. The lowest BCUT2D eigenvalue weighted by molar-refractivity contribution is -0.603. The van der Waals surface area contributed by atoms with E-state index in [1.54, 1.807) is 12.1 Å². The summed E-state index contributed by atoms with van der Waals surface area (Å²) < 4.78 is 112. The molecule has 25 nitrogen and oxygen atoms in total. The maximum atomic E-state index is 12.8. The highest BCUT2D eigenvalue weighted by Gasteiger charge is 2.27. The molecule has 0 radical (unpaired) electrons. The lowest BCUT2D eigenvalue weighted by atomic mass is 10.1. The van der Waals surface area contributed by atoms with Gasteiger partial charge in [0.25, 0.3) is 30.4 Å². The lowest BCUT2D eigenvalue weighted by Crippen LogP contribution is -2.34. The van der Waals surface area contributed by atoms with Crippen LogP contribution in [0.2, 0.25) is 0 Å². The number of azo groups is 2. The summed E-state index contributed by atoms with van der Waals surface area (Å²) in [6, 6.07) is 16.4. The van der Waals surface area contributed by atoms with Crippen molar-refractivity contribution in [2.24, 2.45) is 20.5 Å². The van der Waals surface area contributed by atoms with Gasteiger partial charge >= 0.3 is 17.9 Å². The van der Waals surface area contributed by atoms with E-state index in [1.165, 1.54) is 60.3 Å². The van der Waals surface area contributed by atoms with Gasteiger partial charge in [-0.15, -0.1) is 19.7 Å². The van der Waals surface area contributed by atoms with Gasteiger partial charge in [0.05, 0.1) is 57.3 Å². The van der Waals surface area contributed by atoms with Gasteiger partial charge in [-0.2, -0.15) is 35.4 Å². The Kier molecular flexibility index (Phi) is 14.5. The first kappa shape index (κ1) is 49.2. The fourth-order valence-electron chi connectivity index (χ4n) is 6.20. The summed E-state index contributed by atoms with van der Waals surface area (Å²) in [5.74, 6) is -2.41. The standard InChI is InChI=1S/C36H26N10O15S4.C2H6/c1-17-38-35(41-36(39-17)46-12-4-6-19(16-46)34(48)49)40-24-15-21(9-11-26(24)63(51,52)53)42-45-31-27(64(54,55)56)14-20-13-25(62-61-60-50)30(32(47)28(20)29(31)37)44-43-23-10-8-18-5-2-3-7-22(18)33(23)65(57,58)59;1-2/h2-16H,1H3,(H8-,37,38,39,40,41,42,43,47,48,49,50,51,52,53,54,55,56,57,58,59);1-2H3/p+1. The molecule has 2 heterocycles. The minimum atomic E-state index is -5.22. The van der Waals surface area contributed by atoms with E-state index in [1.807, 2.05) is 13.8 Å². The van der Waals surface area contributed by atoms with Crippen molar-refractivity contribution in [3.63, 3.8) is 0 Å². The van der Waals surface area contributed by atoms with E-state index in [-0.39, 0.29) is 62.1 Å². The van der Waals surface area contributed by atoms with E-state index >= 15 is 0 Å². The highest BCUT2D eigenvalue weighted by Crippen LogP contribution is 2.50. The molecule has 0 saturated heterocycles. The number of aromatic nitrogens is 4. The molecule has 0 amide bonds. The maximum absolute atomic E-state index is 12.8. The molecule has 0 aliphatic heterocycles. The Morgan fingerprint density at radius 2 is 1.49 bits per heavy atom. The molecule has 7 aromatic rings. The average molecular weight is 998 g/mol. The van der Waals surface area contributed by atoms with Gasteiger partial charge in [0.15, 0.2) is 5.75 Å². The predicted octanol–water partition coefficient (Wildman–Crippen LogP) is 7.52. The van der Waals surface area contributed by atoms with Crippen LogP contribution in [0.1, 0.15) is 30.0 Å². The second-order valence-corrected chi connectivity index (χ2v) is 18.0. The number of phenols is 1. The molecule has 0 fully saturated rings. The number of nitrogens with zero attached hydrogens (tertiary/aromatic N) is 8. The van der Waals surface area contributed by atoms with Crippen LogP contribution in [-0.4, -0.2) is 75.3 Å². The zero-order valence-corrected chi connectivity index (χ0v) is 37.6. The highest BCUT2D eigenvalue weighted by molar-refractivity contribution is 7.94. The number of fused-ring (bicyclic) bond motifs is 2. The zero-order valence-electron chi connectivity index (χ0n) is 34.3. The van der Waals surface area contributed by atoms with Gasteiger partial charge < -0.3 is 21.3 Å². The molecular weight excluding hydrogens is 965 g/mol. The number of aromatic carboxylic acids is 1. The second-order valence-electron chi connectivity index (χ2n) is 13.1. The number of carboxylic acids is 1. The van der Waals surface area contributed by atoms with E-state index in [2.05, 4.69) is 50.1 Å². The maximum Gasteiger partial charge on any atom is 0.442 e. The molecule has 0 unspecified atom stereocenters. The van der Waals surface area contributed by atoms with Gasteiger partial charge in [-0.25, -0.2) is 14.6 Å². The Hall–Kier alpha value is -7.19. The van der Waals surface area contributed by atoms with Crippen LogP contribution in [0.4, 0.5) is 40.1 Å². The van der Waals surface area contributed by atoms with Crippen LogP contribution in [0, 0.1) is 6.92 Å². The molecule has 0 bridgehead atoms. The van der Waals surface area contributed by atoms with E-state index in [0.717, 1.165) is 30.3 Å². The fraction of sp³-hybridized carbons (Fsp3) is 0.0789. The van der Waals surface area contributed by atoms with E-state index in [9.17, 15) is 53.9 Å². The normalized spacial score (nSPS) is 12.2. The van der Waals surface area contributed by atoms with E-state index in [0.29, 0.717) is 5.39 Å². The molecule has 29 heteroatoms. The number of hydrogen-bond donors (Lipinski definition) is 8. The Labute approximate surface area is 382 Å². The van der Waals surface area contributed by atoms with Gasteiger partial charge in [-0.1, -0.05) is 54.2 Å². The topological polar surface area (TPSA) is 389 Å². The summed E-state index contributed by atoms with van der Waals surface area (Å²) in [7, 11) is -15.1. The van der Waals surface area contributed by atoms with Crippen molar-refractivity contribution < 1.29 is 73.1 Å². The molecule has 0 atom stereocenters. The zero-order chi connectivity index (χ0) is 49.0. The van der Waals surface area contributed by atoms with E-state index < -0.39 is 85.2 Å². The third kappa shape index (κ3) is 10.9. The molecule has 9 N–H and O–H groups in total. The predicted molar refractivity (Wildman–Crippen MR) is 237 cm³/mol. The molecular formula is C38H33N10O15S4+. The fourth-order valence-corrected chi connectivity index (χ4v) is 8.84. The van der Waals surface area contributed by atoms with Crippen LogP contribution in [-0.2, 0) is 39.7 Å². The van der Waals surface area contributed by atoms with Gasteiger partial charge in [-0.05, 0) is 64.3 Å². The Morgan fingerprint density at radius 1 is 0.791 bits per heavy atom. The van der Waals surface area contributed by atoms with E-state index in [4.69, 9.17) is 11.0 Å². The summed E-state index contributed by atoms with van der Waals surface area (Å²) in [5.41, 5.74) is 3.29. The monoisotopic (exact) mass is 997 g/mol. The van der Waals surface area contributed by atoms with Gasteiger partial charge in [0, 0.05) is 12.3 Å². The quantitative estimate of drug-likeness (QED) is 0.00992. The van der Waals surface area contributed by atoms with Crippen LogP contribution < -0.4 is 15.6 Å². The molecule has 0 aliphatic carbocycles. The van der Waals surface area contributed by atoms with Crippen LogP contribution in [0.25, 0.3) is 27.5 Å². The minimum Gasteiger partial charge on any atom is -0.505 e. The lowest BCUT2D eigenvalue weighted by Gasteiger charge is -2.14. The molecule has 7 rings (SSSR count). The number of nitrogens with two attached hydrogens (primary N) is 1. The summed E-state index contributed by atoms with van der Waals surface area (Å²) in [6.07, 6.45) is 2.65. The largest absolute Gasteiger partial charge is 0.505 e. The average Bonchev–Trinajstić information content (AvgIpc) is 3.26. The van der Waals surface area contributed by atoms with Gasteiger partial charge in [-0.3, -0.25) is 13.7 Å². The number of nitrogen functional groups attached to an aromatic ring is 1. The van der Waals surface area contributed by atoms with Crippen molar-refractivity contribution in [1.82, 2.24) is 15.0 Å². The number of carboxylic acid groups (broad SMARTS) is 1. The smallest absolute Gasteiger partial charge is 0.442 e. The SMILES string of the molecule is CC.Cc1nc(Nc2cc(N=Nc3c(S(=O)(=O)O)cc4cc(SOOO)c(N=Nc5ccc6ccccc6c5S(=O)(=O)O)c(O)c4c3N)ccc2S(=O)(=O)O)nc(-[n+]2cccc(C(=O)O)c2)n1. The number of anilines is 3. The van der Waals surface area contributed by atoms with Gasteiger partial charge in [0.2, 0.25) is 5.82 Å². The third-order valence-electron chi connectivity index (χ3n) is 8.89. The molecule has 0 aliphatic rings. The first-order valence-corrected chi connectivity index (χ1v) is 23.6. The number of nitrogens with one attached hydrogen (secondary N) is 1. The summed E-state index contributed by atoms with van der Waals surface area (Å²) in [6.45, 7) is 5.46. The van der Waals surface area contributed by atoms with Crippen molar-refractivity contribution in [2.45, 2.75) is 40.4 Å². The molecule has 0 spiro atoms. The Morgan fingerprint density at radius 3 is 2.16 bits per heavy atom. The summed E-state index contributed by atoms with van der Waals surface area (Å²) in [4.78, 5) is 21.5. The number of phenolic OH excluding ortho intramolecular Hbond substituents is 1. The molecule has 0 saturated carbocycles. The van der Waals surface area contributed by atoms with Crippen molar-refractivity contribution in [2.75, 3.05) is 11.1 Å². The number of pyridine rings is 1. The van der Waals surface area contributed by atoms with Crippen LogP contribution >= 0.6 is 12.0 Å². The number of hydrogen-bond acceptors (Lipinski definition) is 21. The minimum absolute atomic E-state index is 0.0722. The van der Waals surface area contributed by atoms with Crippen molar-refractivity contribution >= 4 is 110 Å². The van der Waals surface area contributed by atoms with Crippen molar-refractivity contribution in [3.05, 3.63) is 103 Å². The van der Waals surface area contributed by atoms with Crippen LogP contribution in [0.15, 0.2) is 131 Å². The number of rotatable bonds is 14. The summed E-state index contributed by atoms with van der Waals surface area (Å²) >= 11 is 0.211. The molecule has 67 heavy (non-hydrogen) atoms. The van der Waals surface area contributed by atoms with Gasteiger partial charge in [0.1, 0.15) is 31.7 Å². The Balaban J connectivity index is 0.00000365. The number of aryl methyl sites for hydroxylation is 1. The molecule has 348 valence electrons. The van der Waals surface area contributed by atoms with Crippen LogP contribution in [0.5, 0.6) is 5.75 Å². The molecule has 2 aromatic heterocycles. The first-order valence-electron chi connectivity index (χ1n) is 18.6. The Bertz CT molecular complexity index is 3530. The van der Waals surface area contributed by atoms with Crippen molar-refractivity contribution in [3.8, 4) is 11.7 Å². The number of aromatic hydroxyl groups is 1. The summed E-state index contributed by atoms with van der Waals surface area (Å²) in [5, 5.41) is 51.9. The van der Waals surface area contributed by atoms with Crippen LogP contribution in [0.3, 0.4) is 0 Å². The first-order chi connectivity index (χ1) is 31.6. The number of carbonyl (C=O) groups is 1. The van der Waals surface area contributed by atoms with Crippen molar-refractivity contribution in [1.29, 1.82) is 0 Å².